The first-order valence-corrected chi connectivity index (χ1v) is 5.92. The van der Waals surface area contributed by atoms with Gasteiger partial charge in [0.15, 0.2) is 11.6 Å². The van der Waals surface area contributed by atoms with Crippen LogP contribution in [0.4, 0.5) is 10.1 Å². The average Bonchev–Trinajstić information content (AvgIpc) is 2.38. The van der Waals surface area contributed by atoms with E-state index < -0.39 is 0 Å². The first kappa shape index (κ1) is 14.7. The second-order valence-corrected chi connectivity index (χ2v) is 3.73. The van der Waals surface area contributed by atoms with Crippen LogP contribution in [0, 0.1) is 5.82 Å². The lowest BCUT2D eigenvalue weighted by Crippen LogP contribution is -2.10. The molecule has 1 rings (SSSR count). The predicted octanol–water partition coefficient (Wildman–Crippen LogP) is 2.30. The van der Waals surface area contributed by atoms with Gasteiger partial charge in [0.1, 0.15) is 0 Å². The van der Waals surface area contributed by atoms with E-state index in [0.717, 1.165) is 6.42 Å². The van der Waals surface area contributed by atoms with E-state index in [0.29, 0.717) is 32.1 Å². The molecular formula is C13H20FNO3. The topological polar surface area (TPSA) is 39.7 Å². The summed E-state index contributed by atoms with van der Waals surface area (Å²) in [4.78, 5) is 0. The standard InChI is InChI=1S/C13H20FNO3/c1-16-7-3-8-18-9-6-15-11-4-5-13(17-2)12(14)10-11/h4-5,10,15H,3,6-9H2,1-2H3. The number of rotatable bonds is 9. The Hall–Kier alpha value is -1.33. The van der Waals surface area contributed by atoms with Crippen molar-refractivity contribution in [3.05, 3.63) is 24.0 Å². The number of hydrogen-bond acceptors (Lipinski definition) is 4. The van der Waals surface area contributed by atoms with Gasteiger partial charge >= 0.3 is 0 Å². The average molecular weight is 257 g/mol. The zero-order valence-corrected chi connectivity index (χ0v) is 10.9. The van der Waals surface area contributed by atoms with Gasteiger partial charge in [-0.05, 0) is 18.6 Å². The molecule has 0 amide bonds. The van der Waals surface area contributed by atoms with Gasteiger partial charge in [-0.2, -0.15) is 0 Å². The van der Waals surface area contributed by atoms with Crippen LogP contribution in [0.2, 0.25) is 0 Å². The van der Waals surface area contributed by atoms with E-state index in [1.54, 1.807) is 19.2 Å². The van der Waals surface area contributed by atoms with Crippen LogP contribution in [0.3, 0.4) is 0 Å². The van der Waals surface area contributed by atoms with Crippen LogP contribution < -0.4 is 10.1 Å². The molecule has 0 bridgehead atoms. The second-order valence-electron chi connectivity index (χ2n) is 3.73. The molecule has 102 valence electrons. The fourth-order valence-corrected chi connectivity index (χ4v) is 1.45. The van der Waals surface area contributed by atoms with Gasteiger partial charge in [-0.25, -0.2) is 4.39 Å². The van der Waals surface area contributed by atoms with Crippen LogP contribution in [0.15, 0.2) is 18.2 Å². The van der Waals surface area contributed by atoms with E-state index in [1.165, 1.54) is 13.2 Å². The van der Waals surface area contributed by atoms with E-state index in [2.05, 4.69) is 5.32 Å². The molecule has 0 saturated heterocycles. The molecule has 1 aromatic rings. The van der Waals surface area contributed by atoms with E-state index in [4.69, 9.17) is 14.2 Å². The van der Waals surface area contributed by atoms with Gasteiger partial charge in [-0.3, -0.25) is 0 Å². The van der Waals surface area contributed by atoms with Crippen LogP contribution in [-0.2, 0) is 9.47 Å². The SMILES string of the molecule is COCCCOCCNc1ccc(OC)c(F)c1. The molecule has 0 aliphatic rings. The molecule has 0 aliphatic carbocycles. The molecule has 0 fully saturated rings. The second kappa shape index (κ2) is 8.72. The molecule has 0 radical (unpaired) electrons. The maximum absolute atomic E-state index is 13.4. The molecule has 0 spiro atoms. The van der Waals surface area contributed by atoms with Crippen LogP contribution in [-0.4, -0.2) is 40.6 Å². The molecule has 0 aromatic heterocycles. The summed E-state index contributed by atoms with van der Waals surface area (Å²) in [6.45, 7) is 2.60. The molecule has 0 atom stereocenters. The number of ether oxygens (including phenoxy) is 3. The molecule has 0 aliphatic heterocycles. The van der Waals surface area contributed by atoms with Crippen LogP contribution in [0.5, 0.6) is 5.75 Å². The summed E-state index contributed by atoms with van der Waals surface area (Å²) in [5.41, 5.74) is 0.716. The molecule has 0 heterocycles. The smallest absolute Gasteiger partial charge is 0.167 e. The maximum atomic E-state index is 13.4. The Kier molecular flexibility index (Phi) is 7.13. The highest BCUT2D eigenvalue weighted by molar-refractivity contribution is 5.47. The van der Waals surface area contributed by atoms with Crippen molar-refractivity contribution < 1.29 is 18.6 Å². The fraction of sp³-hybridized carbons (Fsp3) is 0.538. The number of nitrogens with one attached hydrogen (secondary N) is 1. The van der Waals surface area contributed by atoms with Crippen LogP contribution in [0.25, 0.3) is 0 Å². The minimum atomic E-state index is -0.372. The Balaban J connectivity index is 2.17. The zero-order chi connectivity index (χ0) is 13.2. The molecule has 5 heteroatoms. The number of halogens is 1. The largest absolute Gasteiger partial charge is 0.494 e. The van der Waals surface area contributed by atoms with Gasteiger partial charge in [-0.15, -0.1) is 0 Å². The van der Waals surface area contributed by atoms with Crippen molar-refractivity contribution in [1.82, 2.24) is 0 Å². The van der Waals surface area contributed by atoms with Gasteiger partial charge in [0.2, 0.25) is 0 Å². The number of methoxy groups -OCH3 is 2. The Morgan fingerprint density at radius 2 is 2.00 bits per heavy atom. The maximum Gasteiger partial charge on any atom is 0.167 e. The zero-order valence-electron chi connectivity index (χ0n) is 10.9. The summed E-state index contributed by atoms with van der Waals surface area (Å²) >= 11 is 0. The molecule has 0 saturated carbocycles. The van der Waals surface area contributed by atoms with Gasteiger partial charge < -0.3 is 19.5 Å². The van der Waals surface area contributed by atoms with Crippen molar-refractivity contribution >= 4 is 5.69 Å². The Labute approximate surface area is 107 Å². The summed E-state index contributed by atoms with van der Waals surface area (Å²) in [6, 6.07) is 4.77. The molecule has 0 unspecified atom stereocenters. The quantitative estimate of drug-likeness (QED) is 0.689. The first-order chi connectivity index (χ1) is 8.77. The van der Waals surface area contributed by atoms with Crippen LogP contribution in [0.1, 0.15) is 6.42 Å². The monoisotopic (exact) mass is 257 g/mol. The highest BCUT2D eigenvalue weighted by Crippen LogP contribution is 2.20. The molecule has 18 heavy (non-hydrogen) atoms. The van der Waals surface area contributed by atoms with Gasteiger partial charge in [0, 0.05) is 38.6 Å². The van der Waals surface area contributed by atoms with Crippen molar-refractivity contribution in [2.45, 2.75) is 6.42 Å². The lowest BCUT2D eigenvalue weighted by atomic mass is 10.3. The minimum absolute atomic E-state index is 0.247. The summed E-state index contributed by atoms with van der Waals surface area (Å²) in [5, 5.41) is 3.08. The van der Waals surface area contributed by atoms with E-state index in [-0.39, 0.29) is 11.6 Å². The van der Waals surface area contributed by atoms with E-state index >= 15 is 0 Å². The molecule has 1 N–H and O–H groups in total. The highest BCUT2D eigenvalue weighted by atomic mass is 19.1. The van der Waals surface area contributed by atoms with Gasteiger partial charge in [0.05, 0.1) is 13.7 Å². The van der Waals surface area contributed by atoms with Crippen LogP contribution >= 0.6 is 0 Å². The molecular weight excluding hydrogens is 237 g/mol. The normalized spacial score (nSPS) is 10.4. The van der Waals surface area contributed by atoms with Crippen molar-refractivity contribution in [2.75, 3.05) is 45.9 Å². The first-order valence-electron chi connectivity index (χ1n) is 5.92. The predicted molar refractivity (Wildman–Crippen MR) is 68.8 cm³/mol. The third-order valence-electron chi connectivity index (χ3n) is 2.36. The third kappa shape index (κ3) is 5.33. The van der Waals surface area contributed by atoms with E-state index in [1.807, 2.05) is 0 Å². The number of hydrogen-bond donors (Lipinski definition) is 1. The Morgan fingerprint density at radius 1 is 1.17 bits per heavy atom. The minimum Gasteiger partial charge on any atom is -0.494 e. The Morgan fingerprint density at radius 3 is 2.67 bits per heavy atom. The van der Waals surface area contributed by atoms with Crippen molar-refractivity contribution in [1.29, 1.82) is 0 Å². The Bertz CT molecular complexity index is 347. The summed E-state index contributed by atoms with van der Waals surface area (Å²) in [5.74, 6) is -0.125. The van der Waals surface area contributed by atoms with Gasteiger partial charge in [0.25, 0.3) is 0 Å². The third-order valence-corrected chi connectivity index (χ3v) is 2.36. The fourth-order valence-electron chi connectivity index (χ4n) is 1.45. The lowest BCUT2D eigenvalue weighted by molar-refractivity contribution is 0.109. The number of benzene rings is 1. The van der Waals surface area contributed by atoms with Crippen molar-refractivity contribution in [3.63, 3.8) is 0 Å². The molecule has 1 aromatic carbocycles. The summed E-state index contributed by atoms with van der Waals surface area (Å²) in [6.07, 6.45) is 0.883. The van der Waals surface area contributed by atoms with Gasteiger partial charge in [-0.1, -0.05) is 0 Å². The molecule has 4 nitrogen and oxygen atoms in total. The summed E-state index contributed by atoms with van der Waals surface area (Å²) < 4.78 is 28.5. The lowest BCUT2D eigenvalue weighted by Gasteiger charge is -2.08. The van der Waals surface area contributed by atoms with Crippen molar-refractivity contribution in [3.8, 4) is 5.75 Å². The number of anilines is 1. The van der Waals surface area contributed by atoms with E-state index in [9.17, 15) is 4.39 Å². The highest BCUT2D eigenvalue weighted by Gasteiger charge is 2.02. The summed E-state index contributed by atoms with van der Waals surface area (Å²) in [7, 11) is 3.11. The van der Waals surface area contributed by atoms with Crippen molar-refractivity contribution in [2.24, 2.45) is 0 Å².